The maximum Gasteiger partial charge on any atom is 0.266 e. The van der Waals surface area contributed by atoms with E-state index < -0.39 is 5.91 Å². The zero-order valence-corrected chi connectivity index (χ0v) is 21.5. The highest BCUT2D eigenvalue weighted by molar-refractivity contribution is 6.11. The van der Waals surface area contributed by atoms with Crippen LogP contribution in [0.2, 0.25) is 0 Å². The number of anilines is 1. The summed E-state index contributed by atoms with van der Waals surface area (Å²) >= 11 is 0. The number of amides is 1. The molecule has 0 aliphatic carbocycles. The first-order valence-electron chi connectivity index (χ1n) is 12.7. The largest absolute Gasteiger partial charge is 0.489 e. The molecular weight excluding hydrogens is 503 g/mol. The van der Waals surface area contributed by atoms with E-state index in [-0.39, 0.29) is 18.0 Å². The summed E-state index contributed by atoms with van der Waals surface area (Å²) in [6, 6.07) is 36.3. The first kappa shape index (κ1) is 26.2. The van der Waals surface area contributed by atoms with Gasteiger partial charge in [0.15, 0.2) is 0 Å². The van der Waals surface area contributed by atoms with Crippen LogP contribution >= 0.6 is 0 Å². The number of nitrogens with zero attached hydrogens (tertiary/aromatic N) is 1. The second-order valence-corrected chi connectivity index (χ2v) is 9.04. The number of ether oxygens (including phenoxy) is 2. The van der Waals surface area contributed by atoms with E-state index in [1.54, 1.807) is 42.5 Å². The van der Waals surface area contributed by atoms with Gasteiger partial charge >= 0.3 is 0 Å². The number of fused-ring (bicyclic) bond motifs is 1. The van der Waals surface area contributed by atoms with Crippen LogP contribution in [0.25, 0.3) is 16.8 Å². The molecule has 196 valence electrons. The van der Waals surface area contributed by atoms with Crippen molar-refractivity contribution in [3.63, 3.8) is 0 Å². The predicted octanol–water partition coefficient (Wildman–Crippen LogP) is 7.68. The van der Waals surface area contributed by atoms with E-state index in [1.165, 1.54) is 18.2 Å². The molecule has 5 aromatic carbocycles. The Hall–Kier alpha value is -5.41. The van der Waals surface area contributed by atoms with Crippen LogP contribution in [0.3, 0.4) is 0 Å². The van der Waals surface area contributed by atoms with Crippen LogP contribution in [0.4, 0.5) is 10.1 Å². The molecular formula is C34H25FN2O3. The molecule has 6 heteroatoms. The second-order valence-electron chi connectivity index (χ2n) is 9.04. The fraction of sp³-hybridized carbons (Fsp3) is 0.0588. The summed E-state index contributed by atoms with van der Waals surface area (Å²) < 4.78 is 25.5. The quantitative estimate of drug-likeness (QED) is 0.157. The number of benzene rings is 5. The molecule has 5 aromatic rings. The van der Waals surface area contributed by atoms with Crippen molar-refractivity contribution in [2.45, 2.75) is 13.2 Å². The predicted molar refractivity (Wildman–Crippen MR) is 154 cm³/mol. The van der Waals surface area contributed by atoms with Crippen molar-refractivity contribution in [1.82, 2.24) is 0 Å². The van der Waals surface area contributed by atoms with Crippen LogP contribution in [0.1, 0.15) is 16.7 Å². The summed E-state index contributed by atoms with van der Waals surface area (Å²) in [7, 11) is 0. The van der Waals surface area contributed by atoms with Gasteiger partial charge in [0.25, 0.3) is 5.91 Å². The summed E-state index contributed by atoms with van der Waals surface area (Å²) in [5, 5.41) is 14.4. The molecule has 0 atom stereocenters. The van der Waals surface area contributed by atoms with Crippen molar-refractivity contribution in [2.24, 2.45) is 0 Å². The van der Waals surface area contributed by atoms with Gasteiger partial charge in [-0.25, -0.2) is 4.39 Å². The Kier molecular flexibility index (Phi) is 8.14. The van der Waals surface area contributed by atoms with Crippen molar-refractivity contribution in [3.8, 4) is 17.6 Å². The number of carbonyl (C=O) groups is 1. The number of carbonyl (C=O) groups excluding carboxylic acids is 1. The normalized spacial score (nSPS) is 11.1. The molecule has 0 heterocycles. The number of rotatable bonds is 9. The minimum absolute atomic E-state index is 0.0867. The van der Waals surface area contributed by atoms with Crippen molar-refractivity contribution >= 4 is 28.4 Å². The minimum atomic E-state index is -0.551. The van der Waals surface area contributed by atoms with E-state index in [1.807, 2.05) is 66.7 Å². The van der Waals surface area contributed by atoms with Gasteiger partial charge in [0.2, 0.25) is 0 Å². The van der Waals surface area contributed by atoms with E-state index in [0.717, 1.165) is 16.3 Å². The SMILES string of the molecule is N#C/C(=C\c1c(OCc2cccc(F)c2)ccc2ccccc12)C(=O)Nc1ccc(OCc2ccccc2)cc1. The molecule has 0 fully saturated rings. The van der Waals surface area contributed by atoms with E-state index in [9.17, 15) is 14.4 Å². The second kappa shape index (κ2) is 12.4. The van der Waals surface area contributed by atoms with Crippen molar-refractivity contribution in [3.05, 3.63) is 143 Å². The summed E-state index contributed by atoms with van der Waals surface area (Å²) in [5.74, 6) is 0.237. The lowest BCUT2D eigenvalue weighted by Crippen LogP contribution is -2.13. The van der Waals surface area contributed by atoms with E-state index >= 15 is 0 Å². The Labute approximate surface area is 231 Å². The van der Waals surface area contributed by atoms with E-state index in [0.29, 0.717) is 34.9 Å². The van der Waals surface area contributed by atoms with E-state index in [2.05, 4.69) is 5.32 Å². The van der Waals surface area contributed by atoms with Crippen LogP contribution in [-0.4, -0.2) is 5.91 Å². The number of hydrogen-bond donors (Lipinski definition) is 1. The highest BCUT2D eigenvalue weighted by Gasteiger charge is 2.14. The molecule has 40 heavy (non-hydrogen) atoms. The maximum atomic E-state index is 13.6. The molecule has 0 bridgehead atoms. The number of hydrogen-bond acceptors (Lipinski definition) is 4. The van der Waals surface area contributed by atoms with Gasteiger partial charge in [-0.15, -0.1) is 0 Å². The Morgan fingerprint density at radius 1 is 0.800 bits per heavy atom. The zero-order chi connectivity index (χ0) is 27.7. The number of nitriles is 1. The van der Waals surface area contributed by atoms with Crippen LogP contribution in [0, 0.1) is 17.1 Å². The molecule has 1 amide bonds. The van der Waals surface area contributed by atoms with Gasteiger partial charge in [0.05, 0.1) is 0 Å². The first-order valence-corrected chi connectivity index (χ1v) is 12.7. The molecule has 0 aromatic heterocycles. The lowest BCUT2D eigenvalue weighted by molar-refractivity contribution is -0.112. The van der Waals surface area contributed by atoms with Gasteiger partial charge in [-0.3, -0.25) is 4.79 Å². The van der Waals surface area contributed by atoms with E-state index in [4.69, 9.17) is 9.47 Å². The van der Waals surface area contributed by atoms with Crippen molar-refractivity contribution < 1.29 is 18.7 Å². The highest BCUT2D eigenvalue weighted by atomic mass is 19.1. The highest BCUT2D eigenvalue weighted by Crippen LogP contribution is 2.31. The lowest BCUT2D eigenvalue weighted by atomic mass is 10.0. The Balaban J connectivity index is 1.35. The van der Waals surface area contributed by atoms with Gasteiger partial charge in [0, 0.05) is 11.3 Å². The molecule has 0 aliphatic rings. The average Bonchev–Trinajstić information content (AvgIpc) is 2.99. The molecule has 5 rings (SSSR count). The van der Waals surface area contributed by atoms with Crippen LogP contribution < -0.4 is 14.8 Å². The van der Waals surface area contributed by atoms with Crippen LogP contribution in [-0.2, 0) is 18.0 Å². The summed E-state index contributed by atoms with van der Waals surface area (Å²) in [6.45, 7) is 0.562. The van der Waals surface area contributed by atoms with Crippen LogP contribution in [0.15, 0.2) is 121 Å². The molecule has 0 saturated carbocycles. The monoisotopic (exact) mass is 528 g/mol. The average molecular weight is 529 g/mol. The minimum Gasteiger partial charge on any atom is -0.489 e. The molecule has 0 aliphatic heterocycles. The fourth-order valence-electron chi connectivity index (χ4n) is 4.20. The van der Waals surface area contributed by atoms with Crippen molar-refractivity contribution in [1.29, 1.82) is 5.26 Å². The summed E-state index contributed by atoms with van der Waals surface area (Å²) in [4.78, 5) is 13.1. The first-order chi connectivity index (χ1) is 19.6. The number of halogens is 1. The fourth-order valence-corrected chi connectivity index (χ4v) is 4.20. The zero-order valence-electron chi connectivity index (χ0n) is 21.5. The lowest BCUT2D eigenvalue weighted by Gasteiger charge is -2.13. The van der Waals surface area contributed by atoms with Gasteiger partial charge in [0.1, 0.15) is 42.2 Å². The molecule has 0 radical (unpaired) electrons. The Morgan fingerprint density at radius 2 is 1.52 bits per heavy atom. The third kappa shape index (κ3) is 6.53. The van der Waals surface area contributed by atoms with Crippen LogP contribution in [0.5, 0.6) is 11.5 Å². The molecule has 0 spiro atoms. The van der Waals surface area contributed by atoms with Gasteiger partial charge < -0.3 is 14.8 Å². The van der Waals surface area contributed by atoms with Gasteiger partial charge in [-0.05, 0) is 70.4 Å². The summed E-state index contributed by atoms with van der Waals surface area (Å²) in [5.41, 5.74) is 2.75. The molecule has 1 N–H and O–H groups in total. The summed E-state index contributed by atoms with van der Waals surface area (Å²) in [6.07, 6.45) is 1.52. The molecule has 0 saturated heterocycles. The molecule has 0 unspecified atom stereocenters. The molecule has 5 nitrogen and oxygen atoms in total. The van der Waals surface area contributed by atoms with Gasteiger partial charge in [-0.1, -0.05) is 72.8 Å². The standard InChI is InChI=1S/C34H25FN2O3/c35-28-11-6-9-25(19-28)23-40-33-18-13-26-10-4-5-12-31(26)32(33)20-27(21-36)34(38)37-29-14-16-30(17-15-29)39-22-24-7-2-1-3-8-24/h1-20H,22-23H2,(H,37,38)/b27-20+. The van der Waals surface area contributed by atoms with Crippen molar-refractivity contribution in [2.75, 3.05) is 5.32 Å². The third-order valence-electron chi connectivity index (χ3n) is 6.23. The maximum absolute atomic E-state index is 13.6. The smallest absolute Gasteiger partial charge is 0.266 e. The number of nitrogens with one attached hydrogen (secondary N) is 1. The Morgan fingerprint density at radius 3 is 2.30 bits per heavy atom. The van der Waals surface area contributed by atoms with Gasteiger partial charge in [-0.2, -0.15) is 5.26 Å². The Bertz CT molecular complexity index is 1710. The third-order valence-corrected chi connectivity index (χ3v) is 6.23. The topological polar surface area (TPSA) is 71.3 Å².